The Morgan fingerprint density at radius 3 is 2.44 bits per heavy atom. The standard InChI is InChI=1S/C22H27BrClN3O4S/c1-4-12-25-22(29)16(2)26(14-17-8-5-6-11-20(17)24)21(28)15-27(32(3,30)31)19-10-7-9-18(23)13-19/h5-11,13,16H,4,12,14-15H2,1-3H3,(H,25,29)/t16-/m1/s1. The van der Waals surface area contributed by atoms with Gasteiger partial charge in [0.15, 0.2) is 0 Å². The van der Waals surface area contributed by atoms with Gasteiger partial charge in [-0.05, 0) is 43.2 Å². The first kappa shape index (κ1) is 26.2. The second kappa shape index (κ2) is 11.7. The third-order valence-electron chi connectivity index (χ3n) is 4.79. The monoisotopic (exact) mass is 543 g/mol. The van der Waals surface area contributed by atoms with Crippen molar-refractivity contribution < 1.29 is 18.0 Å². The van der Waals surface area contributed by atoms with Gasteiger partial charge < -0.3 is 10.2 Å². The van der Waals surface area contributed by atoms with Crippen molar-refractivity contribution in [2.75, 3.05) is 23.7 Å². The van der Waals surface area contributed by atoms with Gasteiger partial charge in [-0.25, -0.2) is 8.42 Å². The summed E-state index contributed by atoms with van der Waals surface area (Å²) >= 11 is 9.61. The van der Waals surface area contributed by atoms with Crippen LogP contribution in [0.1, 0.15) is 25.8 Å². The van der Waals surface area contributed by atoms with Gasteiger partial charge in [0.05, 0.1) is 11.9 Å². The number of rotatable bonds is 10. The molecule has 0 aliphatic heterocycles. The van der Waals surface area contributed by atoms with Gasteiger partial charge in [-0.1, -0.05) is 58.7 Å². The normalized spacial score (nSPS) is 12.2. The first-order valence-electron chi connectivity index (χ1n) is 10.1. The van der Waals surface area contributed by atoms with Gasteiger partial charge in [0.2, 0.25) is 21.8 Å². The summed E-state index contributed by atoms with van der Waals surface area (Å²) in [7, 11) is -3.77. The number of nitrogens with zero attached hydrogens (tertiary/aromatic N) is 2. The quantitative estimate of drug-likeness (QED) is 0.493. The molecule has 0 aliphatic carbocycles. The molecule has 1 N–H and O–H groups in total. The molecule has 0 unspecified atom stereocenters. The summed E-state index contributed by atoms with van der Waals surface area (Å²) in [6, 6.07) is 12.9. The second-order valence-corrected chi connectivity index (χ2v) is 10.6. The molecule has 0 saturated heterocycles. The Balaban J connectivity index is 2.38. The summed E-state index contributed by atoms with van der Waals surface area (Å²) in [5, 5.41) is 3.24. The average molecular weight is 545 g/mol. The highest BCUT2D eigenvalue weighted by Gasteiger charge is 2.30. The maximum Gasteiger partial charge on any atom is 0.244 e. The van der Waals surface area contributed by atoms with E-state index in [4.69, 9.17) is 11.6 Å². The number of amides is 2. The van der Waals surface area contributed by atoms with E-state index < -0.39 is 28.5 Å². The fourth-order valence-corrected chi connectivity index (χ4v) is 4.46. The molecular weight excluding hydrogens is 518 g/mol. The predicted molar refractivity (Wildman–Crippen MR) is 131 cm³/mol. The smallest absolute Gasteiger partial charge is 0.244 e. The lowest BCUT2D eigenvalue weighted by Crippen LogP contribution is -2.51. The zero-order valence-corrected chi connectivity index (χ0v) is 21.4. The molecule has 32 heavy (non-hydrogen) atoms. The Morgan fingerprint density at radius 1 is 1.16 bits per heavy atom. The van der Waals surface area contributed by atoms with Crippen LogP contribution >= 0.6 is 27.5 Å². The minimum atomic E-state index is -3.77. The van der Waals surface area contributed by atoms with Gasteiger partial charge in [-0.2, -0.15) is 0 Å². The third kappa shape index (κ3) is 7.21. The molecule has 2 rings (SSSR count). The fraction of sp³-hybridized carbons (Fsp3) is 0.364. The lowest BCUT2D eigenvalue weighted by Gasteiger charge is -2.31. The molecule has 0 saturated carbocycles. The van der Waals surface area contributed by atoms with Gasteiger partial charge in [-0.3, -0.25) is 13.9 Å². The van der Waals surface area contributed by atoms with Gasteiger partial charge in [-0.15, -0.1) is 0 Å². The van der Waals surface area contributed by atoms with Gasteiger partial charge in [0, 0.05) is 22.6 Å². The molecule has 0 bridgehead atoms. The highest BCUT2D eigenvalue weighted by atomic mass is 79.9. The molecule has 1 atom stereocenters. The Labute approximate surface area is 202 Å². The Morgan fingerprint density at radius 2 is 1.84 bits per heavy atom. The van der Waals surface area contributed by atoms with Crippen LogP contribution < -0.4 is 9.62 Å². The number of anilines is 1. The molecule has 2 aromatic carbocycles. The Bertz CT molecular complexity index is 1060. The topological polar surface area (TPSA) is 86.8 Å². The van der Waals surface area contributed by atoms with Crippen molar-refractivity contribution in [3.8, 4) is 0 Å². The zero-order valence-electron chi connectivity index (χ0n) is 18.2. The summed E-state index contributed by atoms with van der Waals surface area (Å²) in [6.07, 6.45) is 1.79. The number of benzene rings is 2. The first-order chi connectivity index (χ1) is 15.0. The van der Waals surface area contributed by atoms with Gasteiger partial charge in [0.1, 0.15) is 12.6 Å². The van der Waals surface area contributed by atoms with Gasteiger partial charge in [0.25, 0.3) is 0 Å². The number of carbonyl (C=O) groups is 2. The minimum absolute atomic E-state index is 0.0648. The van der Waals surface area contributed by atoms with Crippen molar-refractivity contribution in [1.29, 1.82) is 0 Å². The molecule has 0 spiro atoms. The van der Waals surface area contributed by atoms with Crippen LogP contribution in [0.3, 0.4) is 0 Å². The van der Waals surface area contributed by atoms with E-state index in [1.54, 1.807) is 55.5 Å². The van der Waals surface area contributed by atoms with Gasteiger partial charge >= 0.3 is 0 Å². The van der Waals surface area contributed by atoms with Crippen LogP contribution in [0.5, 0.6) is 0 Å². The fourth-order valence-electron chi connectivity index (χ4n) is 3.03. The summed E-state index contributed by atoms with van der Waals surface area (Å²) in [5.41, 5.74) is 1.00. The van der Waals surface area contributed by atoms with Crippen molar-refractivity contribution in [3.05, 3.63) is 63.6 Å². The number of hydrogen-bond donors (Lipinski definition) is 1. The molecule has 7 nitrogen and oxygen atoms in total. The molecule has 2 aromatic rings. The van der Waals surface area contributed by atoms with E-state index >= 15 is 0 Å². The van der Waals surface area contributed by atoms with Crippen LogP contribution in [-0.4, -0.2) is 50.5 Å². The third-order valence-corrected chi connectivity index (χ3v) is 6.79. The van der Waals surface area contributed by atoms with E-state index in [0.717, 1.165) is 17.0 Å². The van der Waals surface area contributed by atoms with Crippen molar-refractivity contribution in [2.24, 2.45) is 0 Å². The van der Waals surface area contributed by atoms with Crippen LogP contribution in [0.4, 0.5) is 5.69 Å². The van der Waals surface area contributed by atoms with Crippen molar-refractivity contribution in [2.45, 2.75) is 32.9 Å². The van der Waals surface area contributed by atoms with Crippen LogP contribution in [-0.2, 0) is 26.2 Å². The molecule has 174 valence electrons. The van der Waals surface area contributed by atoms with E-state index in [-0.39, 0.29) is 12.5 Å². The molecular formula is C22H27BrClN3O4S. The summed E-state index contributed by atoms with van der Waals surface area (Å²) < 4.78 is 26.7. The maximum atomic E-state index is 13.4. The minimum Gasteiger partial charge on any atom is -0.354 e. The predicted octanol–water partition coefficient (Wildman–Crippen LogP) is 3.81. The largest absolute Gasteiger partial charge is 0.354 e. The molecule has 0 fully saturated rings. The molecule has 10 heteroatoms. The van der Waals surface area contributed by atoms with E-state index in [9.17, 15) is 18.0 Å². The van der Waals surface area contributed by atoms with E-state index in [0.29, 0.717) is 27.3 Å². The Kier molecular flexibility index (Phi) is 9.54. The molecule has 0 radical (unpaired) electrons. The summed E-state index contributed by atoms with van der Waals surface area (Å²) in [4.78, 5) is 27.4. The number of hydrogen-bond acceptors (Lipinski definition) is 4. The Hall–Kier alpha value is -2.10. The maximum absolute atomic E-state index is 13.4. The molecule has 0 aromatic heterocycles. The lowest BCUT2D eigenvalue weighted by molar-refractivity contribution is -0.139. The zero-order chi connectivity index (χ0) is 23.9. The van der Waals surface area contributed by atoms with Crippen LogP contribution in [0.15, 0.2) is 53.0 Å². The number of nitrogens with one attached hydrogen (secondary N) is 1. The van der Waals surface area contributed by atoms with Crippen molar-refractivity contribution in [1.82, 2.24) is 10.2 Å². The van der Waals surface area contributed by atoms with Crippen LogP contribution in [0.2, 0.25) is 5.02 Å². The van der Waals surface area contributed by atoms with Crippen molar-refractivity contribution in [3.63, 3.8) is 0 Å². The number of carbonyl (C=O) groups excluding carboxylic acids is 2. The SMILES string of the molecule is CCCNC(=O)[C@@H](C)N(Cc1ccccc1Cl)C(=O)CN(c1cccc(Br)c1)S(C)(=O)=O. The average Bonchev–Trinajstić information content (AvgIpc) is 2.73. The second-order valence-electron chi connectivity index (χ2n) is 7.33. The van der Waals surface area contributed by atoms with E-state index in [2.05, 4.69) is 21.2 Å². The summed E-state index contributed by atoms with van der Waals surface area (Å²) in [6.45, 7) is 3.63. The number of halogens is 2. The lowest BCUT2D eigenvalue weighted by atomic mass is 10.1. The summed E-state index contributed by atoms with van der Waals surface area (Å²) in [5.74, 6) is -0.838. The highest BCUT2D eigenvalue weighted by molar-refractivity contribution is 9.10. The van der Waals surface area contributed by atoms with Crippen LogP contribution in [0.25, 0.3) is 0 Å². The highest BCUT2D eigenvalue weighted by Crippen LogP contribution is 2.23. The van der Waals surface area contributed by atoms with Crippen LogP contribution in [0, 0.1) is 0 Å². The molecule has 0 heterocycles. The molecule has 0 aliphatic rings. The van der Waals surface area contributed by atoms with E-state index in [1.807, 2.05) is 6.92 Å². The van der Waals surface area contributed by atoms with E-state index in [1.165, 1.54) is 4.90 Å². The first-order valence-corrected chi connectivity index (χ1v) is 13.1. The number of sulfonamides is 1. The molecule has 2 amide bonds. The van der Waals surface area contributed by atoms with Crippen molar-refractivity contribution >= 4 is 55.1 Å².